The first-order valence-corrected chi connectivity index (χ1v) is 11.9. The first kappa shape index (κ1) is 23.8. The van der Waals surface area contributed by atoms with E-state index < -0.39 is 17.1 Å². The Labute approximate surface area is 215 Å². The molecule has 0 bridgehead atoms. The molecule has 182 valence electrons. The van der Waals surface area contributed by atoms with Crippen molar-refractivity contribution in [2.24, 2.45) is 0 Å². The fourth-order valence-corrected chi connectivity index (χ4v) is 4.62. The number of imide groups is 1. The summed E-state index contributed by atoms with van der Waals surface area (Å²) >= 11 is 7.15. The van der Waals surface area contributed by atoms with Crippen LogP contribution in [0.1, 0.15) is 21.5 Å². The third kappa shape index (κ3) is 4.89. The van der Waals surface area contributed by atoms with E-state index in [1.54, 1.807) is 73.8 Å². The Kier molecular flexibility index (Phi) is 6.58. The molecule has 0 aliphatic carbocycles. The van der Waals surface area contributed by atoms with Crippen molar-refractivity contribution in [2.45, 2.75) is 6.54 Å². The van der Waals surface area contributed by atoms with Crippen molar-refractivity contribution in [2.75, 3.05) is 13.9 Å². The van der Waals surface area contributed by atoms with Crippen LogP contribution in [0, 0.1) is 0 Å². The zero-order chi connectivity index (χ0) is 25.2. The summed E-state index contributed by atoms with van der Waals surface area (Å²) < 4.78 is 21.1. The molecule has 3 aromatic rings. The molecule has 36 heavy (non-hydrogen) atoms. The molecule has 0 atom stereocenters. The van der Waals surface area contributed by atoms with Crippen molar-refractivity contribution in [3.05, 3.63) is 87.3 Å². The van der Waals surface area contributed by atoms with E-state index in [4.69, 9.17) is 30.5 Å². The van der Waals surface area contributed by atoms with Crippen molar-refractivity contribution >= 4 is 46.6 Å². The molecular formula is C26H18ClNO7S. The highest BCUT2D eigenvalue weighted by Gasteiger charge is 2.35. The summed E-state index contributed by atoms with van der Waals surface area (Å²) in [6.07, 6.45) is 1.61. The molecule has 2 heterocycles. The zero-order valence-corrected chi connectivity index (χ0v) is 20.4. The number of rotatable bonds is 6. The molecule has 2 amide bonds. The molecule has 0 unspecified atom stereocenters. The van der Waals surface area contributed by atoms with E-state index in [2.05, 4.69) is 0 Å². The van der Waals surface area contributed by atoms with Gasteiger partial charge in [0.15, 0.2) is 11.5 Å². The van der Waals surface area contributed by atoms with Gasteiger partial charge in [0.1, 0.15) is 11.5 Å². The van der Waals surface area contributed by atoms with Gasteiger partial charge in [-0.3, -0.25) is 14.5 Å². The number of esters is 1. The highest BCUT2D eigenvalue weighted by atomic mass is 35.5. The molecule has 0 saturated carbocycles. The van der Waals surface area contributed by atoms with Gasteiger partial charge in [-0.25, -0.2) is 4.79 Å². The molecule has 0 N–H and O–H groups in total. The first-order chi connectivity index (χ1) is 17.4. The number of hydrogen-bond acceptors (Lipinski definition) is 8. The summed E-state index contributed by atoms with van der Waals surface area (Å²) in [5.41, 5.74) is 1.63. The molecule has 5 rings (SSSR count). The first-order valence-electron chi connectivity index (χ1n) is 10.7. The SMILES string of the molecule is COc1ccc(C(=O)Oc2ccc(/C=C3\SC(=O)N(Cc4cc5c(cc4Cl)OCO5)C3=O)cc2)cc1. The second-order valence-electron chi connectivity index (χ2n) is 7.75. The lowest BCUT2D eigenvalue weighted by Gasteiger charge is -2.14. The topological polar surface area (TPSA) is 91.4 Å². The summed E-state index contributed by atoms with van der Waals surface area (Å²) in [5.74, 6) is 1.10. The quantitative estimate of drug-likeness (QED) is 0.236. The molecule has 3 aromatic carbocycles. The van der Waals surface area contributed by atoms with Crippen LogP contribution < -0.4 is 18.9 Å². The number of fused-ring (bicyclic) bond motifs is 1. The van der Waals surface area contributed by atoms with Crippen LogP contribution in [0.4, 0.5) is 4.79 Å². The molecule has 0 spiro atoms. The van der Waals surface area contributed by atoms with Gasteiger partial charge < -0.3 is 18.9 Å². The van der Waals surface area contributed by atoms with Gasteiger partial charge >= 0.3 is 5.97 Å². The number of carbonyl (C=O) groups excluding carboxylic acids is 3. The molecular weight excluding hydrogens is 506 g/mol. The highest BCUT2D eigenvalue weighted by Crippen LogP contribution is 2.39. The fourth-order valence-electron chi connectivity index (χ4n) is 3.56. The molecule has 0 radical (unpaired) electrons. The van der Waals surface area contributed by atoms with Gasteiger partial charge in [-0.1, -0.05) is 23.7 Å². The third-order valence-corrected chi connectivity index (χ3v) is 6.72. The molecule has 10 heteroatoms. The number of methoxy groups -OCH3 is 1. The maximum atomic E-state index is 12.9. The zero-order valence-electron chi connectivity index (χ0n) is 18.9. The minimum atomic E-state index is -0.506. The number of thioether (sulfide) groups is 1. The second kappa shape index (κ2) is 9.96. The molecule has 1 saturated heterocycles. The van der Waals surface area contributed by atoms with E-state index in [0.717, 1.165) is 16.7 Å². The van der Waals surface area contributed by atoms with Gasteiger partial charge in [0.25, 0.3) is 11.1 Å². The monoisotopic (exact) mass is 523 g/mol. The van der Waals surface area contributed by atoms with E-state index in [0.29, 0.717) is 44.7 Å². The Morgan fingerprint density at radius 3 is 2.39 bits per heavy atom. The Morgan fingerprint density at radius 2 is 1.69 bits per heavy atom. The van der Waals surface area contributed by atoms with Crippen LogP contribution in [0.2, 0.25) is 5.02 Å². The predicted molar refractivity (Wildman–Crippen MR) is 133 cm³/mol. The fraction of sp³-hybridized carbons (Fsp3) is 0.115. The van der Waals surface area contributed by atoms with Crippen LogP contribution in [0.3, 0.4) is 0 Å². The number of hydrogen-bond donors (Lipinski definition) is 0. The Balaban J connectivity index is 1.26. The molecule has 8 nitrogen and oxygen atoms in total. The molecule has 0 aromatic heterocycles. The van der Waals surface area contributed by atoms with Crippen LogP contribution >= 0.6 is 23.4 Å². The van der Waals surface area contributed by atoms with Crippen molar-refractivity contribution in [1.29, 1.82) is 0 Å². The molecule has 2 aliphatic heterocycles. The van der Waals surface area contributed by atoms with Gasteiger partial charge in [-0.05, 0) is 71.4 Å². The summed E-state index contributed by atoms with van der Waals surface area (Å²) in [4.78, 5) is 39.2. The van der Waals surface area contributed by atoms with Crippen molar-refractivity contribution in [3.8, 4) is 23.0 Å². The van der Waals surface area contributed by atoms with Crippen molar-refractivity contribution < 1.29 is 33.3 Å². The van der Waals surface area contributed by atoms with Gasteiger partial charge in [0.2, 0.25) is 6.79 Å². The van der Waals surface area contributed by atoms with Gasteiger partial charge in [-0.15, -0.1) is 0 Å². The van der Waals surface area contributed by atoms with Crippen LogP contribution in [0.15, 0.2) is 65.6 Å². The second-order valence-corrected chi connectivity index (χ2v) is 9.15. The van der Waals surface area contributed by atoms with Crippen LogP contribution in [-0.2, 0) is 11.3 Å². The van der Waals surface area contributed by atoms with Gasteiger partial charge in [0, 0.05) is 11.1 Å². The van der Waals surface area contributed by atoms with E-state index >= 15 is 0 Å². The maximum absolute atomic E-state index is 12.9. The number of halogens is 1. The summed E-state index contributed by atoms with van der Waals surface area (Å²) in [7, 11) is 1.55. The van der Waals surface area contributed by atoms with Crippen LogP contribution in [-0.4, -0.2) is 35.9 Å². The summed E-state index contributed by atoms with van der Waals surface area (Å²) in [6, 6.07) is 16.5. The summed E-state index contributed by atoms with van der Waals surface area (Å²) in [6.45, 7) is 0.108. The minimum Gasteiger partial charge on any atom is -0.497 e. The predicted octanol–water partition coefficient (Wildman–Crippen LogP) is 5.53. The summed E-state index contributed by atoms with van der Waals surface area (Å²) in [5, 5.41) is -0.0212. The van der Waals surface area contributed by atoms with Gasteiger partial charge in [0.05, 0.1) is 24.1 Å². The lowest BCUT2D eigenvalue weighted by atomic mass is 10.1. The van der Waals surface area contributed by atoms with Crippen molar-refractivity contribution in [1.82, 2.24) is 4.90 Å². The third-order valence-electron chi connectivity index (χ3n) is 5.46. The lowest BCUT2D eigenvalue weighted by molar-refractivity contribution is -0.123. The van der Waals surface area contributed by atoms with E-state index in [1.807, 2.05) is 0 Å². The number of amides is 2. The molecule has 1 fully saturated rings. The standard InChI is InChI=1S/C26H18ClNO7S/c1-32-18-8-4-16(5-9-18)25(30)35-19-6-2-15(3-7-19)10-23-24(29)28(26(31)36-23)13-17-11-21-22(12-20(17)27)34-14-33-21/h2-12H,13-14H2,1H3/b23-10-. The Morgan fingerprint density at radius 1 is 1.03 bits per heavy atom. The number of carbonyl (C=O) groups is 3. The number of ether oxygens (including phenoxy) is 4. The van der Waals surface area contributed by atoms with Crippen molar-refractivity contribution in [3.63, 3.8) is 0 Å². The number of nitrogens with zero attached hydrogens (tertiary/aromatic N) is 1. The van der Waals surface area contributed by atoms with Crippen LogP contribution in [0.25, 0.3) is 6.08 Å². The Hall–Kier alpha value is -3.95. The highest BCUT2D eigenvalue weighted by molar-refractivity contribution is 8.18. The van der Waals surface area contributed by atoms with Crippen LogP contribution in [0.5, 0.6) is 23.0 Å². The van der Waals surface area contributed by atoms with Gasteiger partial charge in [-0.2, -0.15) is 0 Å². The Bertz CT molecular complexity index is 1390. The largest absolute Gasteiger partial charge is 0.497 e. The number of benzene rings is 3. The average Bonchev–Trinajstić information content (AvgIpc) is 3.44. The molecule has 2 aliphatic rings. The van der Waals surface area contributed by atoms with E-state index in [1.165, 1.54) is 0 Å². The lowest BCUT2D eigenvalue weighted by Crippen LogP contribution is -2.27. The maximum Gasteiger partial charge on any atom is 0.343 e. The van der Waals surface area contributed by atoms with E-state index in [-0.39, 0.29) is 18.2 Å². The minimum absolute atomic E-state index is 0.0116. The smallest absolute Gasteiger partial charge is 0.343 e. The van der Waals surface area contributed by atoms with E-state index in [9.17, 15) is 14.4 Å². The normalized spacial score (nSPS) is 15.5. The average molecular weight is 524 g/mol.